The molecule has 0 amide bonds. The van der Waals surface area contributed by atoms with Crippen molar-refractivity contribution < 1.29 is 4.74 Å². The lowest BCUT2D eigenvalue weighted by atomic mass is 10.1. The standard InChI is InChI=1S/C15H14ClNOS/c1-9-3-6-14(12(7-9)15(17)19)18-11-4-5-13(16)10(2)8-11/h3-8H,1-2H3,(H2,17,19). The molecule has 0 unspecified atom stereocenters. The summed E-state index contributed by atoms with van der Waals surface area (Å²) in [7, 11) is 0. The first kappa shape index (κ1) is 13.8. The zero-order chi connectivity index (χ0) is 14.0. The van der Waals surface area contributed by atoms with Crippen molar-refractivity contribution in [2.75, 3.05) is 0 Å². The van der Waals surface area contributed by atoms with E-state index in [4.69, 9.17) is 34.3 Å². The van der Waals surface area contributed by atoms with E-state index in [9.17, 15) is 0 Å². The Morgan fingerprint density at radius 3 is 2.53 bits per heavy atom. The summed E-state index contributed by atoms with van der Waals surface area (Å²) in [6.45, 7) is 3.91. The predicted molar refractivity (Wildman–Crippen MR) is 83.3 cm³/mol. The van der Waals surface area contributed by atoms with Crippen molar-refractivity contribution in [1.29, 1.82) is 0 Å². The van der Waals surface area contributed by atoms with Crippen molar-refractivity contribution in [1.82, 2.24) is 0 Å². The molecule has 2 N–H and O–H groups in total. The Kier molecular flexibility index (Phi) is 4.08. The molecule has 2 nitrogen and oxygen atoms in total. The van der Waals surface area contributed by atoms with Gasteiger partial charge in [0.05, 0.1) is 5.56 Å². The Bertz CT molecular complexity index is 640. The molecule has 0 aliphatic rings. The summed E-state index contributed by atoms with van der Waals surface area (Å²) < 4.78 is 5.84. The van der Waals surface area contributed by atoms with E-state index in [0.717, 1.165) is 16.7 Å². The third-order valence-corrected chi connectivity index (χ3v) is 3.40. The van der Waals surface area contributed by atoms with Gasteiger partial charge in [-0.1, -0.05) is 35.4 Å². The van der Waals surface area contributed by atoms with Crippen LogP contribution in [0.1, 0.15) is 16.7 Å². The van der Waals surface area contributed by atoms with Crippen molar-refractivity contribution >= 4 is 28.8 Å². The molecular formula is C15H14ClNOS. The third-order valence-electron chi connectivity index (χ3n) is 2.76. The third kappa shape index (κ3) is 3.25. The van der Waals surface area contributed by atoms with Crippen LogP contribution in [0.5, 0.6) is 11.5 Å². The summed E-state index contributed by atoms with van der Waals surface area (Å²) in [6, 6.07) is 11.2. The first-order chi connectivity index (χ1) is 8.97. The molecule has 98 valence electrons. The van der Waals surface area contributed by atoms with Crippen molar-refractivity contribution in [3.63, 3.8) is 0 Å². The van der Waals surface area contributed by atoms with Crippen LogP contribution < -0.4 is 10.5 Å². The molecule has 2 aromatic carbocycles. The van der Waals surface area contributed by atoms with Gasteiger partial charge in [-0.3, -0.25) is 0 Å². The second-order valence-corrected chi connectivity index (χ2v) is 5.22. The summed E-state index contributed by atoms with van der Waals surface area (Å²) in [5, 5.41) is 0.714. The van der Waals surface area contributed by atoms with Gasteiger partial charge in [0.15, 0.2) is 0 Å². The van der Waals surface area contributed by atoms with Crippen molar-refractivity contribution in [2.45, 2.75) is 13.8 Å². The van der Waals surface area contributed by atoms with E-state index in [-0.39, 0.29) is 0 Å². The average molecular weight is 292 g/mol. The Hall–Kier alpha value is -1.58. The molecule has 0 saturated carbocycles. The van der Waals surface area contributed by atoms with Crippen LogP contribution in [-0.4, -0.2) is 4.99 Å². The maximum absolute atomic E-state index is 5.99. The number of rotatable bonds is 3. The first-order valence-corrected chi connectivity index (χ1v) is 6.60. The summed E-state index contributed by atoms with van der Waals surface area (Å²) in [5.74, 6) is 1.36. The number of ether oxygens (including phenoxy) is 1. The molecule has 4 heteroatoms. The van der Waals surface area contributed by atoms with Gasteiger partial charge >= 0.3 is 0 Å². The Morgan fingerprint density at radius 2 is 1.89 bits per heavy atom. The fourth-order valence-electron chi connectivity index (χ4n) is 1.73. The molecule has 0 radical (unpaired) electrons. The summed E-state index contributed by atoms with van der Waals surface area (Å²) in [4.78, 5) is 0.324. The highest BCUT2D eigenvalue weighted by molar-refractivity contribution is 7.80. The van der Waals surface area contributed by atoms with Gasteiger partial charge in [0.1, 0.15) is 16.5 Å². The quantitative estimate of drug-likeness (QED) is 0.852. The molecule has 0 aromatic heterocycles. The lowest BCUT2D eigenvalue weighted by Gasteiger charge is -2.12. The molecule has 2 rings (SSSR count). The maximum Gasteiger partial charge on any atom is 0.137 e. The molecule has 0 saturated heterocycles. The highest BCUT2D eigenvalue weighted by Gasteiger charge is 2.08. The fourth-order valence-corrected chi connectivity index (χ4v) is 2.01. The van der Waals surface area contributed by atoms with Crippen LogP contribution in [0, 0.1) is 13.8 Å². The smallest absolute Gasteiger partial charge is 0.137 e. The topological polar surface area (TPSA) is 35.2 Å². The second kappa shape index (κ2) is 5.59. The number of hydrogen-bond donors (Lipinski definition) is 1. The van der Waals surface area contributed by atoms with Crippen LogP contribution >= 0.6 is 23.8 Å². The molecule has 0 fully saturated rings. The monoisotopic (exact) mass is 291 g/mol. The maximum atomic E-state index is 5.99. The van der Waals surface area contributed by atoms with E-state index in [1.807, 2.05) is 44.2 Å². The van der Waals surface area contributed by atoms with E-state index >= 15 is 0 Å². The highest BCUT2D eigenvalue weighted by atomic mass is 35.5. The second-order valence-electron chi connectivity index (χ2n) is 4.38. The minimum absolute atomic E-state index is 0.324. The van der Waals surface area contributed by atoms with Gasteiger partial charge < -0.3 is 10.5 Å². The van der Waals surface area contributed by atoms with Gasteiger partial charge in [-0.25, -0.2) is 0 Å². The number of halogens is 1. The number of nitrogens with two attached hydrogens (primary N) is 1. The van der Waals surface area contributed by atoms with Crippen LogP contribution in [0.2, 0.25) is 5.02 Å². The Morgan fingerprint density at radius 1 is 1.16 bits per heavy atom. The van der Waals surface area contributed by atoms with Gasteiger partial charge in [-0.15, -0.1) is 0 Å². The molecule has 0 aliphatic carbocycles. The average Bonchev–Trinajstić information content (AvgIpc) is 2.36. The Labute approximate surface area is 123 Å². The van der Waals surface area contributed by atoms with Gasteiger partial charge in [-0.2, -0.15) is 0 Å². The van der Waals surface area contributed by atoms with Gasteiger partial charge in [0, 0.05) is 5.02 Å². The van der Waals surface area contributed by atoms with Crippen LogP contribution in [0.3, 0.4) is 0 Å². The number of benzene rings is 2. The molecular weight excluding hydrogens is 278 g/mol. The fraction of sp³-hybridized carbons (Fsp3) is 0.133. The van der Waals surface area contributed by atoms with Crippen molar-refractivity contribution in [3.8, 4) is 11.5 Å². The SMILES string of the molecule is Cc1ccc(Oc2ccc(Cl)c(C)c2)c(C(N)=S)c1. The molecule has 0 atom stereocenters. The van der Waals surface area contributed by atoms with Crippen LogP contribution in [-0.2, 0) is 0 Å². The predicted octanol–water partition coefficient (Wildman–Crippen LogP) is 4.38. The molecule has 19 heavy (non-hydrogen) atoms. The van der Waals surface area contributed by atoms with Crippen molar-refractivity contribution in [3.05, 3.63) is 58.1 Å². The van der Waals surface area contributed by atoms with Crippen LogP contribution in [0.15, 0.2) is 36.4 Å². The summed E-state index contributed by atoms with van der Waals surface area (Å²) >= 11 is 11.0. The number of hydrogen-bond acceptors (Lipinski definition) is 2. The van der Waals surface area contributed by atoms with Gasteiger partial charge in [-0.05, 0) is 49.7 Å². The normalized spacial score (nSPS) is 10.3. The van der Waals surface area contributed by atoms with E-state index in [0.29, 0.717) is 21.5 Å². The zero-order valence-electron chi connectivity index (χ0n) is 10.7. The van der Waals surface area contributed by atoms with E-state index in [1.165, 1.54) is 0 Å². The van der Waals surface area contributed by atoms with Crippen LogP contribution in [0.25, 0.3) is 0 Å². The molecule has 0 bridgehead atoms. The summed E-state index contributed by atoms with van der Waals surface area (Å²) in [6.07, 6.45) is 0. The molecule has 0 spiro atoms. The molecule has 2 aromatic rings. The van der Waals surface area contributed by atoms with E-state index in [1.54, 1.807) is 6.07 Å². The zero-order valence-corrected chi connectivity index (χ0v) is 12.3. The first-order valence-electron chi connectivity index (χ1n) is 5.82. The van der Waals surface area contributed by atoms with E-state index < -0.39 is 0 Å². The van der Waals surface area contributed by atoms with E-state index in [2.05, 4.69) is 0 Å². The lowest BCUT2D eigenvalue weighted by Crippen LogP contribution is -2.11. The molecule has 0 aliphatic heterocycles. The lowest BCUT2D eigenvalue weighted by molar-refractivity contribution is 0.481. The van der Waals surface area contributed by atoms with Crippen LogP contribution in [0.4, 0.5) is 0 Å². The highest BCUT2D eigenvalue weighted by Crippen LogP contribution is 2.28. The minimum Gasteiger partial charge on any atom is -0.457 e. The van der Waals surface area contributed by atoms with Gasteiger partial charge in [0.25, 0.3) is 0 Å². The van der Waals surface area contributed by atoms with Crippen molar-refractivity contribution in [2.24, 2.45) is 5.73 Å². The molecule has 0 heterocycles. The Balaban J connectivity index is 2.37. The largest absolute Gasteiger partial charge is 0.457 e. The number of thiocarbonyl (C=S) groups is 1. The minimum atomic E-state index is 0.324. The van der Waals surface area contributed by atoms with Gasteiger partial charge in [0.2, 0.25) is 0 Å². The summed E-state index contributed by atoms with van der Waals surface area (Å²) in [5.41, 5.74) is 8.51. The number of aryl methyl sites for hydroxylation is 2.